The number of nitrogens with zero attached hydrogens (tertiary/aromatic N) is 1. The molecule has 126 valence electrons. The predicted molar refractivity (Wildman–Crippen MR) is 83.1 cm³/mol. The van der Waals surface area contributed by atoms with Crippen molar-refractivity contribution in [3.05, 3.63) is 46.9 Å². The number of fused-ring (bicyclic) bond motifs is 1. The van der Waals surface area contributed by atoms with Crippen molar-refractivity contribution >= 4 is 11.9 Å². The van der Waals surface area contributed by atoms with Crippen molar-refractivity contribution in [2.75, 3.05) is 13.2 Å². The first-order valence-corrected chi connectivity index (χ1v) is 7.48. The van der Waals surface area contributed by atoms with Crippen molar-refractivity contribution < 1.29 is 29.0 Å². The van der Waals surface area contributed by atoms with E-state index in [1.54, 1.807) is 17.9 Å². The Balaban J connectivity index is 1.89. The molecule has 2 N–H and O–H groups in total. The molecule has 3 rings (SSSR count). The van der Waals surface area contributed by atoms with Crippen molar-refractivity contribution in [1.29, 1.82) is 0 Å². The lowest BCUT2D eigenvalue weighted by Crippen LogP contribution is -2.33. The summed E-state index contributed by atoms with van der Waals surface area (Å²) in [6.45, 7) is 2.66. The van der Waals surface area contributed by atoms with Crippen molar-refractivity contribution in [1.82, 2.24) is 4.90 Å². The smallest absolute Gasteiger partial charge is 0.311 e. The van der Waals surface area contributed by atoms with Gasteiger partial charge in [0.15, 0.2) is 0 Å². The maximum Gasteiger partial charge on any atom is 0.311 e. The van der Waals surface area contributed by atoms with Gasteiger partial charge in [0.25, 0.3) is 5.91 Å². The summed E-state index contributed by atoms with van der Waals surface area (Å²) < 4.78 is 10.8. The second kappa shape index (κ2) is 6.27. The summed E-state index contributed by atoms with van der Waals surface area (Å²) >= 11 is 0. The highest BCUT2D eigenvalue weighted by Crippen LogP contribution is 2.29. The Bertz CT molecular complexity index is 794. The average Bonchev–Trinajstić information content (AvgIpc) is 2.75. The van der Waals surface area contributed by atoms with Crippen molar-refractivity contribution in [3.8, 4) is 11.5 Å². The van der Waals surface area contributed by atoms with Crippen LogP contribution in [0.1, 0.15) is 27.2 Å². The normalized spacial score (nSPS) is 13.8. The fourth-order valence-electron chi connectivity index (χ4n) is 2.74. The van der Waals surface area contributed by atoms with Crippen LogP contribution in [0.3, 0.4) is 0 Å². The maximum atomic E-state index is 12.9. The molecule has 0 unspecified atom stereocenters. The van der Waals surface area contributed by atoms with Crippen LogP contribution in [0.25, 0.3) is 0 Å². The van der Waals surface area contributed by atoms with E-state index in [4.69, 9.17) is 14.3 Å². The van der Waals surface area contributed by atoms with Gasteiger partial charge < -0.3 is 24.3 Å². The molecule has 0 saturated heterocycles. The summed E-state index contributed by atoms with van der Waals surface area (Å²) in [4.78, 5) is 25.4. The molecule has 1 aromatic heterocycles. The standard InChI is InChI=1S/C17H17NO6/c1-10-9-24-14(7-15(20)21)16(10)17(22)18-4-5-23-13-6-12(19)3-2-11(13)8-18/h2-3,6,9,19H,4-5,7-8H2,1H3,(H,20,21). The summed E-state index contributed by atoms with van der Waals surface area (Å²) in [5, 5.41) is 18.5. The van der Waals surface area contributed by atoms with Crippen LogP contribution >= 0.6 is 0 Å². The van der Waals surface area contributed by atoms with Crippen LogP contribution in [-0.4, -0.2) is 40.1 Å². The van der Waals surface area contributed by atoms with Crippen LogP contribution in [0, 0.1) is 6.92 Å². The molecule has 1 aliphatic heterocycles. The summed E-state index contributed by atoms with van der Waals surface area (Å²) in [7, 11) is 0. The molecule has 0 fully saturated rings. The first-order chi connectivity index (χ1) is 11.5. The van der Waals surface area contributed by atoms with Crippen LogP contribution in [0.4, 0.5) is 0 Å². The number of ether oxygens (including phenoxy) is 1. The molecule has 0 atom stereocenters. The summed E-state index contributed by atoms with van der Waals surface area (Å²) in [5.41, 5.74) is 1.67. The monoisotopic (exact) mass is 331 g/mol. The fraction of sp³-hybridized carbons (Fsp3) is 0.294. The molecular formula is C17H17NO6. The van der Waals surface area contributed by atoms with E-state index >= 15 is 0 Å². The third kappa shape index (κ3) is 3.05. The number of hydrogen-bond acceptors (Lipinski definition) is 5. The fourth-order valence-corrected chi connectivity index (χ4v) is 2.74. The number of phenolic OH excluding ortho intramolecular Hbond substituents is 1. The molecule has 1 amide bonds. The number of benzene rings is 1. The summed E-state index contributed by atoms with van der Waals surface area (Å²) in [6.07, 6.45) is 1.05. The Morgan fingerprint density at radius 2 is 2.12 bits per heavy atom. The quantitative estimate of drug-likeness (QED) is 0.892. The van der Waals surface area contributed by atoms with E-state index in [1.807, 2.05) is 0 Å². The van der Waals surface area contributed by atoms with Crippen molar-refractivity contribution in [2.45, 2.75) is 19.9 Å². The van der Waals surface area contributed by atoms with E-state index in [0.717, 1.165) is 5.56 Å². The van der Waals surface area contributed by atoms with E-state index in [9.17, 15) is 14.7 Å². The number of hydrogen-bond donors (Lipinski definition) is 2. The molecule has 0 radical (unpaired) electrons. The summed E-state index contributed by atoms with van der Waals surface area (Å²) in [5.74, 6) is -0.551. The zero-order valence-electron chi connectivity index (χ0n) is 13.1. The number of furan rings is 1. The van der Waals surface area contributed by atoms with E-state index in [-0.39, 0.29) is 30.4 Å². The molecule has 24 heavy (non-hydrogen) atoms. The first-order valence-electron chi connectivity index (χ1n) is 7.48. The predicted octanol–water partition coefficient (Wildman–Crippen LogP) is 1.96. The molecule has 0 spiro atoms. The van der Waals surface area contributed by atoms with Gasteiger partial charge in [-0.05, 0) is 19.1 Å². The number of carbonyl (C=O) groups excluding carboxylic acids is 1. The van der Waals surface area contributed by atoms with Gasteiger partial charge >= 0.3 is 5.97 Å². The number of carboxylic acids is 1. The Morgan fingerprint density at radius 1 is 1.33 bits per heavy atom. The molecule has 0 aliphatic carbocycles. The lowest BCUT2D eigenvalue weighted by molar-refractivity contribution is -0.136. The highest BCUT2D eigenvalue weighted by atomic mass is 16.5. The molecule has 0 saturated carbocycles. The molecule has 7 nitrogen and oxygen atoms in total. The highest BCUT2D eigenvalue weighted by molar-refractivity contribution is 5.97. The second-order valence-corrected chi connectivity index (χ2v) is 5.65. The Morgan fingerprint density at radius 3 is 2.88 bits per heavy atom. The maximum absolute atomic E-state index is 12.9. The first kappa shape index (κ1) is 15.9. The van der Waals surface area contributed by atoms with Gasteiger partial charge in [-0.3, -0.25) is 9.59 Å². The van der Waals surface area contributed by atoms with E-state index in [1.165, 1.54) is 18.4 Å². The number of carbonyl (C=O) groups is 2. The number of phenols is 1. The van der Waals surface area contributed by atoms with E-state index in [2.05, 4.69) is 0 Å². The van der Waals surface area contributed by atoms with Gasteiger partial charge in [-0.25, -0.2) is 0 Å². The topological polar surface area (TPSA) is 100 Å². The van der Waals surface area contributed by atoms with Crippen LogP contribution < -0.4 is 4.74 Å². The zero-order chi connectivity index (χ0) is 17.3. The summed E-state index contributed by atoms with van der Waals surface area (Å²) in [6, 6.07) is 4.76. The molecule has 1 aliphatic rings. The van der Waals surface area contributed by atoms with E-state index in [0.29, 0.717) is 30.0 Å². The minimum Gasteiger partial charge on any atom is -0.508 e. The number of amides is 1. The van der Waals surface area contributed by atoms with Crippen molar-refractivity contribution in [3.63, 3.8) is 0 Å². The Labute approximate surface area is 138 Å². The molecule has 7 heteroatoms. The minimum absolute atomic E-state index is 0.1000. The molecule has 2 aromatic rings. The average molecular weight is 331 g/mol. The zero-order valence-corrected chi connectivity index (χ0v) is 13.1. The van der Waals surface area contributed by atoms with Crippen LogP contribution in [0.5, 0.6) is 11.5 Å². The highest BCUT2D eigenvalue weighted by Gasteiger charge is 2.27. The Hall–Kier alpha value is -2.96. The van der Waals surface area contributed by atoms with Crippen LogP contribution in [-0.2, 0) is 17.8 Å². The largest absolute Gasteiger partial charge is 0.508 e. The molecule has 0 bridgehead atoms. The van der Waals surface area contributed by atoms with Gasteiger partial charge in [0.2, 0.25) is 0 Å². The van der Waals surface area contributed by atoms with Gasteiger partial charge in [0.05, 0.1) is 18.4 Å². The lowest BCUT2D eigenvalue weighted by Gasteiger charge is -2.20. The third-order valence-electron chi connectivity index (χ3n) is 3.89. The number of rotatable bonds is 3. The molecular weight excluding hydrogens is 314 g/mol. The van der Waals surface area contributed by atoms with Gasteiger partial charge in [-0.1, -0.05) is 0 Å². The lowest BCUT2D eigenvalue weighted by atomic mass is 10.1. The van der Waals surface area contributed by atoms with Crippen molar-refractivity contribution in [2.24, 2.45) is 0 Å². The number of aliphatic carboxylic acids is 1. The van der Waals surface area contributed by atoms with Gasteiger partial charge in [-0.2, -0.15) is 0 Å². The Kier molecular flexibility index (Phi) is 4.16. The van der Waals surface area contributed by atoms with Gasteiger partial charge in [0, 0.05) is 23.7 Å². The number of carboxylic acid groups (broad SMARTS) is 1. The number of aryl methyl sites for hydroxylation is 1. The molecule has 1 aromatic carbocycles. The van der Waals surface area contributed by atoms with Gasteiger partial charge in [0.1, 0.15) is 30.3 Å². The SMILES string of the molecule is Cc1coc(CC(=O)O)c1C(=O)N1CCOc2cc(O)ccc2C1. The number of aromatic hydroxyl groups is 1. The minimum atomic E-state index is -1.06. The molecule has 2 heterocycles. The van der Waals surface area contributed by atoms with E-state index < -0.39 is 5.97 Å². The second-order valence-electron chi connectivity index (χ2n) is 5.65. The van der Waals surface area contributed by atoms with Crippen LogP contribution in [0.2, 0.25) is 0 Å². The van der Waals surface area contributed by atoms with Gasteiger partial charge in [-0.15, -0.1) is 0 Å². The third-order valence-corrected chi connectivity index (χ3v) is 3.89. The van der Waals surface area contributed by atoms with Crippen LogP contribution in [0.15, 0.2) is 28.9 Å².